The van der Waals surface area contributed by atoms with Gasteiger partial charge in [-0.05, 0) is 6.92 Å². The van der Waals surface area contributed by atoms with Crippen molar-refractivity contribution in [1.82, 2.24) is 14.9 Å². The van der Waals surface area contributed by atoms with Gasteiger partial charge in [-0.3, -0.25) is 9.59 Å². The predicted octanol–water partition coefficient (Wildman–Crippen LogP) is 0.659. The van der Waals surface area contributed by atoms with Crippen molar-refractivity contribution in [3.63, 3.8) is 0 Å². The minimum Gasteiger partial charge on any atom is -0.481 e. The van der Waals surface area contributed by atoms with E-state index in [-0.39, 0.29) is 12.5 Å². The van der Waals surface area contributed by atoms with Crippen molar-refractivity contribution in [2.75, 3.05) is 13.1 Å². The molecule has 0 aromatic carbocycles. The largest absolute Gasteiger partial charge is 0.481 e. The summed E-state index contributed by atoms with van der Waals surface area (Å²) in [6, 6.07) is 0. The van der Waals surface area contributed by atoms with E-state index in [1.54, 1.807) is 13.8 Å². The summed E-state index contributed by atoms with van der Waals surface area (Å²) in [6.45, 7) is 4.00. The minimum absolute atomic E-state index is 0.180. The highest BCUT2D eigenvalue weighted by Crippen LogP contribution is 2.06. The number of hydrogen-bond donors (Lipinski definition) is 1. The molecule has 1 aromatic rings. The first kappa shape index (κ1) is 13.1. The molecule has 1 heterocycles. The summed E-state index contributed by atoms with van der Waals surface area (Å²) in [5.41, 5.74) is 0.368. The summed E-state index contributed by atoms with van der Waals surface area (Å²) in [4.78, 5) is 31.7. The summed E-state index contributed by atoms with van der Waals surface area (Å²) < 4.78 is 0. The van der Waals surface area contributed by atoms with Gasteiger partial charge < -0.3 is 10.0 Å². The fourth-order valence-corrected chi connectivity index (χ4v) is 1.36. The zero-order valence-corrected chi connectivity index (χ0v) is 9.83. The number of carboxylic acid groups (broad SMARTS) is 1. The van der Waals surface area contributed by atoms with Crippen LogP contribution in [0.5, 0.6) is 0 Å². The van der Waals surface area contributed by atoms with Crippen molar-refractivity contribution >= 4 is 11.9 Å². The van der Waals surface area contributed by atoms with E-state index in [0.29, 0.717) is 12.1 Å². The third kappa shape index (κ3) is 3.51. The van der Waals surface area contributed by atoms with Crippen molar-refractivity contribution in [1.29, 1.82) is 0 Å². The molecule has 0 fully saturated rings. The summed E-state index contributed by atoms with van der Waals surface area (Å²) in [5.74, 6) is -1.76. The molecular weight excluding hydrogens is 222 g/mol. The molecule has 0 spiro atoms. The fourth-order valence-electron chi connectivity index (χ4n) is 1.36. The second-order valence-electron chi connectivity index (χ2n) is 3.71. The fraction of sp³-hybridized carbons (Fsp3) is 0.455. The van der Waals surface area contributed by atoms with E-state index in [9.17, 15) is 9.59 Å². The van der Waals surface area contributed by atoms with Crippen LogP contribution in [0.25, 0.3) is 0 Å². The van der Waals surface area contributed by atoms with Crippen LogP contribution in [0.3, 0.4) is 0 Å². The summed E-state index contributed by atoms with van der Waals surface area (Å²) in [6.07, 6.45) is 4.18. The van der Waals surface area contributed by atoms with Gasteiger partial charge >= 0.3 is 5.97 Å². The van der Waals surface area contributed by atoms with Crippen LogP contribution in [0, 0.1) is 5.92 Å². The molecule has 0 bridgehead atoms. The van der Waals surface area contributed by atoms with Crippen molar-refractivity contribution in [2.45, 2.75) is 13.8 Å². The molecule has 1 rings (SSSR count). The van der Waals surface area contributed by atoms with E-state index in [2.05, 4.69) is 9.97 Å². The Balaban J connectivity index is 2.75. The first-order valence-electron chi connectivity index (χ1n) is 5.33. The van der Waals surface area contributed by atoms with Crippen molar-refractivity contribution < 1.29 is 14.7 Å². The van der Waals surface area contributed by atoms with Crippen LogP contribution in [-0.2, 0) is 4.79 Å². The molecule has 1 N–H and O–H groups in total. The average molecular weight is 237 g/mol. The van der Waals surface area contributed by atoms with Crippen LogP contribution in [-0.4, -0.2) is 44.9 Å². The van der Waals surface area contributed by atoms with Crippen molar-refractivity contribution in [3.8, 4) is 0 Å². The number of aliphatic carboxylic acids is 1. The Morgan fingerprint density at radius 2 is 2.00 bits per heavy atom. The lowest BCUT2D eigenvalue weighted by molar-refractivity contribution is -0.141. The molecule has 0 saturated heterocycles. The molecule has 0 aliphatic rings. The molecule has 92 valence electrons. The van der Waals surface area contributed by atoms with E-state index in [1.165, 1.54) is 23.6 Å². The smallest absolute Gasteiger partial charge is 0.308 e. The molecule has 1 unspecified atom stereocenters. The van der Waals surface area contributed by atoms with E-state index >= 15 is 0 Å². The molecule has 0 saturated carbocycles. The zero-order chi connectivity index (χ0) is 12.8. The lowest BCUT2D eigenvalue weighted by atomic mass is 10.1. The molecule has 6 heteroatoms. The molecule has 0 aliphatic carbocycles. The number of hydrogen-bond acceptors (Lipinski definition) is 4. The SMILES string of the molecule is CCN(CC(C)C(=O)O)C(=O)c1cncnc1. The van der Waals surface area contributed by atoms with Gasteiger partial charge in [-0.15, -0.1) is 0 Å². The van der Waals surface area contributed by atoms with Gasteiger partial charge in [0, 0.05) is 25.5 Å². The van der Waals surface area contributed by atoms with Gasteiger partial charge in [-0.2, -0.15) is 0 Å². The van der Waals surface area contributed by atoms with Gasteiger partial charge in [0.1, 0.15) is 6.33 Å². The van der Waals surface area contributed by atoms with Gasteiger partial charge in [-0.25, -0.2) is 9.97 Å². The predicted molar refractivity (Wildman–Crippen MR) is 60.4 cm³/mol. The van der Waals surface area contributed by atoms with Crippen molar-refractivity contribution in [2.24, 2.45) is 5.92 Å². The number of amides is 1. The monoisotopic (exact) mass is 237 g/mol. The van der Waals surface area contributed by atoms with Crippen LogP contribution < -0.4 is 0 Å². The Labute approximate surface area is 99.3 Å². The summed E-state index contributed by atoms with van der Waals surface area (Å²) >= 11 is 0. The molecule has 6 nitrogen and oxygen atoms in total. The third-order valence-electron chi connectivity index (χ3n) is 2.39. The normalized spacial score (nSPS) is 11.9. The number of carbonyl (C=O) groups excluding carboxylic acids is 1. The van der Waals surface area contributed by atoms with E-state index < -0.39 is 11.9 Å². The number of rotatable bonds is 5. The Bertz CT molecular complexity index is 394. The first-order chi connectivity index (χ1) is 8.06. The second-order valence-corrected chi connectivity index (χ2v) is 3.71. The van der Waals surface area contributed by atoms with Crippen LogP contribution in [0.15, 0.2) is 18.7 Å². The molecular formula is C11H15N3O3. The molecule has 1 aromatic heterocycles. The standard InChI is InChI=1S/C11H15N3O3/c1-3-14(6-8(2)11(16)17)10(15)9-4-12-7-13-5-9/h4-5,7-8H,3,6H2,1-2H3,(H,16,17). The molecule has 0 aliphatic heterocycles. The summed E-state index contributed by atoms with van der Waals surface area (Å²) in [7, 11) is 0. The highest BCUT2D eigenvalue weighted by Gasteiger charge is 2.20. The molecule has 0 radical (unpaired) electrons. The average Bonchev–Trinajstić information content (AvgIpc) is 2.35. The lowest BCUT2D eigenvalue weighted by Gasteiger charge is -2.22. The number of carbonyl (C=O) groups is 2. The Hall–Kier alpha value is -1.98. The highest BCUT2D eigenvalue weighted by molar-refractivity contribution is 5.93. The van der Waals surface area contributed by atoms with Gasteiger partial charge in [0.2, 0.25) is 0 Å². The highest BCUT2D eigenvalue weighted by atomic mass is 16.4. The number of carboxylic acids is 1. The van der Waals surface area contributed by atoms with E-state index in [4.69, 9.17) is 5.11 Å². The van der Waals surface area contributed by atoms with Crippen LogP contribution in [0.4, 0.5) is 0 Å². The topological polar surface area (TPSA) is 83.4 Å². The van der Waals surface area contributed by atoms with Gasteiger partial charge in [0.25, 0.3) is 5.91 Å². The van der Waals surface area contributed by atoms with Crippen molar-refractivity contribution in [3.05, 3.63) is 24.3 Å². The Morgan fingerprint density at radius 3 is 2.47 bits per heavy atom. The maximum Gasteiger partial charge on any atom is 0.308 e. The maximum absolute atomic E-state index is 12.0. The Morgan fingerprint density at radius 1 is 1.41 bits per heavy atom. The minimum atomic E-state index is -0.916. The van der Waals surface area contributed by atoms with Gasteiger partial charge in [0.05, 0.1) is 11.5 Å². The third-order valence-corrected chi connectivity index (χ3v) is 2.39. The molecule has 1 amide bonds. The number of aromatic nitrogens is 2. The van der Waals surface area contributed by atoms with E-state index in [1.807, 2.05) is 0 Å². The Kier molecular flexibility index (Phi) is 4.56. The van der Waals surface area contributed by atoms with E-state index in [0.717, 1.165) is 0 Å². The maximum atomic E-state index is 12.0. The van der Waals surface area contributed by atoms with Crippen LogP contribution in [0.1, 0.15) is 24.2 Å². The van der Waals surface area contributed by atoms with Crippen LogP contribution >= 0.6 is 0 Å². The lowest BCUT2D eigenvalue weighted by Crippen LogP contribution is -2.36. The summed E-state index contributed by atoms with van der Waals surface area (Å²) in [5, 5.41) is 8.82. The van der Waals surface area contributed by atoms with Crippen LogP contribution in [0.2, 0.25) is 0 Å². The molecule has 1 atom stereocenters. The molecule has 17 heavy (non-hydrogen) atoms. The second kappa shape index (κ2) is 5.93. The van der Waals surface area contributed by atoms with Gasteiger partial charge in [0.15, 0.2) is 0 Å². The first-order valence-corrected chi connectivity index (χ1v) is 5.33. The quantitative estimate of drug-likeness (QED) is 0.813. The zero-order valence-electron chi connectivity index (χ0n) is 9.83. The number of nitrogens with zero attached hydrogens (tertiary/aromatic N) is 3. The van der Waals surface area contributed by atoms with Gasteiger partial charge in [-0.1, -0.05) is 6.92 Å².